The molecule has 3 aliphatic rings. The number of esters is 1. The van der Waals surface area contributed by atoms with Crippen LogP contribution in [0.25, 0.3) is 0 Å². The first-order chi connectivity index (χ1) is 16.7. The van der Waals surface area contributed by atoms with Crippen LogP contribution < -0.4 is 0 Å². The molecule has 3 rings (SSSR count). The zero-order valence-corrected chi connectivity index (χ0v) is 22.9. The van der Waals surface area contributed by atoms with Gasteiger partial charge in [0.15, 0.2) is 17.9 Å². The van der Waals surface area contributed by atoms with Gasteiger partial charge in [-0.1, -0.05) is 84.0 Å². The van der Waals surface area contributed by atoms with E-state index in [1.807, 2.05) is 27.7 Å². The Morgan fingerprint density at radius 3 is 1.74 bits per heavy atom. The molecule has 7 heteroatoms. The number of ether oxygens (including phenoxy) is 6. The molecular formula is C28H50O7. The van der Waals surface area contributed by atoms with Crippen LogP contribution in [-0.2, 0) is 33.2 Å². The Balaban J connectivity index is 1.25. The fraction of sp³-hybridized carbons (Fsp3) is 0.964. The van der Waals surface area contributed by atoms with Gasteiger partial charge in [-0.2, -0.15) is 0 Å². The van der Waals surface area contributed by atoms with Gasteiger partial charge in [0.25, 0.3) is 0 Å². The Kier molecular flexibility index (Phi) is 11.3. The summed E-state index contributed by atoms with van der Waals surface area (Å²) in [5.74, 6) is -1.69. The van der Waals surface area contributed by atoms with Gasteiger partial charge in [0, 0.05) is 6.42 Å². The van der Waals surface area contributed by atoms with Gasteiger partial charge in [-0.25, -0.2) is 0 Å². The van der Waals surface area contributed by atoms with Gasteiger partial charge in [0.1, 0.15) is 31.0 Å². The molecule has 3 aliphatic heterocycles. The number of hydrogen-bond donors (Lipinski definition) is 0. The largest absolute Gasteiger partial charge is 0.463 e. The quantitative estimate of drug-likeness (QED) is 0.180. The lowest BCUT2D eigenvalue weighted by Gasteiger charge is -2.36. The molecule has 0 N–H and O–H groups in total. The van der Waals surface area contributed by atoms with E-state index in [0.29, 0.717) is 6.42 Å². The van der Waals surface area contributed by atoms with Gasteiger partial charge in [-0.05, 0) is 34.1 Å². The highest BCUT2D eigenvalue weighted by atomic mass is 16.9. The van der Waals surface area contributed by atoms with Crippen molar-refractivity contribution in [2.75, 3.05) is 6.61 Å². The van der Waals surface area contributed by atoms with E-state index in [4.69, 9.17) is 28.4 Å². The Morgan fingerprint density at radius 1 is 0.657 bits per heavy atom. The van der Waals surface area contributed by atoms with Crippen molar-refractivity contribution < 1.29 is 33.2 Å². The molecule has 0 aromatic heterocycles. The molecule has 0 aromatic rings. The molecule has 7 nitrogen and oxygen atoms in total. The van der Waals surface area contributed by atoms with Gasteiger partial charge in [0.05, 0.1) is 0 Å². The maximum atomic E-state index is 12.3. The van der Waals surface area contributed by atoms with Gasteiger partial charge >= 0.3 is 5.97 Å². The molecule has 0 aliphatic carbocycles. The molecule has 3 saturated heterocycles. The Labute approximate surface area is 212 Å². The van der Waals surface area contributed by atoms with Gasteiger partial charge in [0.2, 0.25) is 0 Å². The van der Waals surface area contributed by atoms with Crippen LogP contribution in [0.5, 0.6) is 0 Å². The van der Waals surface area contributed by atoms with E-state index in [9.17, 15) is 4.79 Å². The summed E-state index contributed by atoms with van der Waals surface area (Å²) in [4.78, 5) is 12.3. The Hall–Kier alpha value is -0.730. The van der Waals surface area contributed by atoms with Crippen molar-refractivity contribution in [2.45, 2.75) is 167 Å². The minimum atomic E-state index is -0.754. The SMILES string of the molecule is CCCCCCCCCCCCCCCC(=O)OC[C@H]1O[C@H]2OC(C)(C)O[C@@H]2[C@H]2OC(C)(C)O[C@@H]21. The topological polar surface area (TPSA) is 72.5 Å². The summed E-state index contributed by atoms with van der Waals surface area (Å²) in [7, 11) is 0. The number of unbranched alkanes of at least 4 members (excludes halogenated alkanes) is 12. The first kappa shape index (κ1) is 28.8. The summed E-state index contributed by atoms with van der Waals surface area (Å²) < 4.78 is 35.8. The summed E-state index contributed by atoms with van der Waals surface area (Å²) in [5, 5.41) is 0. The molecule has 3 fully saturated rings. The molecule has 0 amide bonds. The van der Waals surface area contributed by atoms with Crippen molar-refractivity contribution in [3.63, 3.8) is 0 Å². The van der Waals surface area contributed by atoms with Crippen LogP contribution in [0.4, 0.5) is 0 Å². The van der Waals surface area contributed by atoms with Crippen molar-refractivity contribution in [3.8, 4) is 0 Å². The zero-order valence-electron chi connectivity index (χ0n) is 22.9. The third-order valence-corrected chi connectivity index (χ3v) is 7.14. The van der Waals surface area contributed by atoms with Crippen molar-refractivity contribution >= 4 is 5.97 Å². The molecule has 0 unspecified atom stereocenters. The van der Waals surface area contributed by atoms with E-state index in [1.54, 1.807) is 0 Å². The molecular weight excluding hydrogens is 448 g/mol. The van der Waals surface area contributed by atoms with Gasteiger partial charge in [-0.3, -0.25) is 4.79 Å². The first-order valence-corrected chi connectivity index (χ1v) is 14.2. The lowest BCUT2D eigenvalue weighted by atomic mass is 9.99. The van der Waals surface area contributed by atoms with E-state index in [2.05, 4.69) is 6.92 Å². The van der Waals surface area contributed by atoms with Gasteiger partial charge in [-0.15, -0.1) is 0 Å². The summed E-state index contributed by atoms with van der Waals surface area (Å²) in [6, 6.07) is 0. The average molecular weight is 499 g/mol. The monoisotopic (exact) mass is 498 g/mol. The van der Waals surface area contributed by atoms with E-state index in [0.717, 1.165) is 12.8 Å². The first-order valence-electron chi connectivity index (χ1n) is 14.2. The third kappa shape index (κ3) is 9.26. The number of carbonyl (C=O) groups is 1. The summed E-state index contributed by atoms with van der Waals surface area (Å²) in [6.07, 6.45) is 15.1. The van der Waals surface area contributed by atoms with Crippen LogP contribution in [0.15, 0.2) is 0 Å². The lowest BCUT2D eigenvalue weighted by Crippen LogP contribution is -2.56. The molecule has 35 heavy (non-hydrogen) atoms. The lowest BCUT2D eigenvalue weighted by molar-refractivity contribution is -0.242. The van der Waals surface area contributed by atoms with E-state index >= 15 is 0 Å². The van der Waals surface area contributed by atoms with Crippen LogP contribution in [0.3, 0.4) is 0 Å². The van der Waals surface area contributed by atoms with Gasteiger partial charge < -0.3 is 28.4 Å². The molecule has 0 aromatic carbocycles. The number of rotatable bonds is 16. The Morgan fingerprint density at radius 2 is 1.14 bits per heavy atom. The number of fused-ring (bicyclic) bond motifs is 3. The number of carbonyl (C=O) groups excluding carboxylic acids is 1. The second-order valence-electron chi connectivity index (χ2n) is 11.4. The van der Waals surface area contributed by atoms with E-state index in [-0.39, 0.29) is 30.9 Å². The van der Waals surface area contributed by atoms with Crippen LogP contribution >= 0.6 is 0 Å². The van der Waals surface area contributed by atoms with Crippen LogP contribution in [0, 0.1) is 0 Å². The second-order valence-corrected chi connectivity index (χ2v) is 11.4. The van der Waals surface area contributed by atoms with Crippen molar-refractivity contribution in [1.29, 1.82) is 0 Å². The zero-order chi connectivity index (χ0) is 25.3. The normalized spacial score (nSPS) is 30.7. The Bertz CT molecular complexity index is 635. The smallest absolute Gasteiger partial charge is 0.305 e. The summed E-state index contributed by atoms with van der Waals surface area (Å²) >= 11 is 0. The standard InChI is InChI=1S/C28H50O7/c1-6-7-8-9-10-11-12-13-14-15-16-17-18-19-22(29)30-20-21-23-24(33-27(2,3)32-23)25-26(31-21)35-28(4,5)34-25/h21,23-26H,6-20H2,1-5H3/t21-,23-,24+,25-,26+/m1/s1. The van der Waals surface area contributed by atoms with E-state index < -0.39 is 24.0 Å². The predicted octanol–water partition coefficient (Wildman–Crippen LogP) is 6.41. The molecule has 0 radical (unpaired) electrons. The molecule has 0 bridgehead atoms. The van der Waals surface area contributed by atoms with Crippen LogP contribution in [-0.4, -0.2) is 54.9 Å². The van der Waals surface area contributed by atoms with Crippen LogP contribution in [0.2, 0.25) is 0 Å². The second kappa shape index (κ2) is 13.7. The van der Waals surface area contributed by atoms with Crippen molar-refractivity contribution in [2.24, 2.45) is 0 Å². The highest BCUT2D eigenvalue weighted by Gasteiger charge is 2.60. The fourth-order valence-electron chi connectivity index (χ4n) is 5.36. The fourth-order valence-corrected chi connectivity index (χ4v) is 5.36. The minimum absolute atomic E-state index is 0.130. The molecule has 204 valence electrons. The predicted molar refractivity (Wildman–Crippen MR) is 134 cm³/mol. The maximum absolute atomic E-state index is 12.3. The van der Waals surface area contributed by atoms with Crippen molar-refractivity contribution in [3.05, 3.63) is 0 Å². The average Bonchev–Trinajstić information content (AvgIpc) is 3.29. The summed E-state index contributed by atoms with van der Waals surface area (Å²) in [5.41, 5.74) is 0. The summed E-state index contributed by atoms with van der Waals surface area (Å²) in [6.45, 7) is 9.86. The van der Waals surface area contributed by atoms with Crippen molar-refractivity contribution in [1.82, 2.24) is 0 Å². The molecule has 3 heterocycles. The highest BCUT2D eigenvalue weighted by molar-refractivity contribution is 5.69. The maximum Gasteiger partial charge on any atom is 0.305 e. The van der Waals surface area contributed by atoms with E-state index in [1.165, 1.54) is 70.6 Å². The molecule has 0 saturated carbocycles. The number of hydrogen-bond acceptors (Lipinski definition) is 7. The molecule has 0 spiro atoms. The third-order valence-electron chi connectivity index (χ3n) is 7.14. The van der Waals surface area contributed by atoms with Crippen LogP contribution in [0.1, 0.15) is 125 Å². The highest BCUT2D eigenvalue weighted by Crippen LogP contribution is 2.44. The molecule has 5 atom stereocenters. The minimum Gasteiger partial charge on any atom is -0.463 e.